The molecule has 1 aromatic rings. The van der Waals surface area contributed by atoms with Gasteiger partial charge in [-0.2, -0.15) is 13.2 Å². The number of halogens is 3. The van der Waals surface area contributed by atoms with Crippen molar-refractivity contribution in [3.05, 3.63) is 53.6 Å². The van der Waals surface area contributed by atoms with Crippen molar-refractivity contribution in [3.63, 3.8) is 0 Å². The maximum absolute atomic E-state index is 13.1. The Hall–Kier alpha value is -1.75. The lowest BCUT2D eigenvalue weighted by Crippen LogP contribution is -2.41. The zero-order valence-electron chi connectivity index (χ0n) is 13.1. The van der Waals surface area contributed by atoms with Crippen LogP contribution < -0.4 is 5.32 Å². The lowest BCUT2D eigenvalue weighted by Gasteiger charge is -2.41. The zero-order valence-corrected chi connectivity index (χ0v) is 13.1. The molecule has 0 bridgehead atoms. The van der Waals surface area contributed by atoms with Crippen LogP contribution in [0.4, 0.5) is 18.9 Å². The third-order valence-electron chi connectivity index (χ3n) is 5.62. The standard InChI is InChI=1S/C19H20F3NO/c20-19(21,22)12-6-7-17-15(8-12)14-9-13(24)10-16(14)18(23-17)11-4-2-1-3-5-11/h1-4,6-8,11,13-14,16,18,23-24H,5,9-10H2/t11?,13-,14?,16-,18+/m1/s1. The molecule has 0 saturated heterocycles. The molecule has 2 nitrogen and oxygen atoms in total. The highest BCUT2D eigenvalue weighted by Crippen LogP contribution is 2.51. The quantitative estimate of drug-likeness (QED) is 0.793. The van der Waals surface area contributed by atoms with Crippen LogP contribution in [0.15, 0.2) is 42.5 Å². The molecule has 0 amide bonds. The average Bonchev–Trinajstić information content (AvgIpc) is 2.95. The van der Waals surface area contributed by atoms with E-state index in [1.54, 1.807) is 6.07 Å². The topological polar surface area (TPSA) is 32.3 Å². The SMILES string of the molecule is O[C@@H]1CC2c3cc(C(F)(F)F)ccc3N[C@@H](C3C=CC=CC3)[C@@H]2C1. The molecule has 1 aliphatic heterocycles. The van der Waals surface area contributed by atoms with Crippen LogP contribution in [-0.4, -0.2) is 17.3 Å². The molecular weight excluding hydrogens is 315 g/mol. The van der Waals surface area contributed by atoms with Crippen LogP contribution in [0, 0.1) is 11.8 Å². The molecule has 3 aliphatic rings. The van der Waals surface area contributed by atoms with Crippen LogP contribution in [-0.2, 0) is 6.18 Å². The molecule has 2 unspecified atom stereocenters. The molecule has 5 atom stereocenters. The number of allylic oxidation sites excluding steroid dienone is 3. The van der Waals surface area contributed by atoms with Gasteiger partial charge >= 0.3 is 6.18 Å². The van der Waals surface area contributed by atoms with Gasteiger partial charge in [0.1, 0.15) is 0 Å². The summed E-state index contributed by atoms with van der Waals surface area (Å²) in [5.74, 6) is 0.461. The fraction of sp³-hybridized carbons (Fsp3) is 0.474. The maximum atomic E-state index is 13.1. The predicted molar refractivity (Wildman–Crippen MR) is 86.7 cm³/mol. The Labute approximate surface area is 139 Å². The lowest BCUT2D eigenvalue weighted by atomic mass is 9.73. The summed E-state index contributed by atoms with van der Waals surface area (Å²) in [6.45, 7) is 0. The number of anilines is 1. The van der Waals surface area contributed by atoms with Gasteiger partial charge < -0.3 is 10.4 Å². The second kappa shape index (κ2) is 5.66. The monoisotopic (exact) mass is 335 g/mol. The highest BCUT2D eigenvalue weighted by molar-refractivity contribution is 5.59. The van der Waals surface area contributed by atoms with E-state index in [0.29, 0.717) is 24.3 Å². The largest absolute Gasteiger partial charge is 0.416 e. The highest BCUT2D eigenvalue weighted by Gasteiger charge is 2.46. The Bertz CT molecular complexity index is 694. The molecule has 0 radical (unpaired) electrons. The Kier molecular flexibility index (Phi) is 3.71. The van der Waals surface area contributed by atoms with Gasteiger partial charge in [-0.15, -0.1) is 0 Å². The number of aliphatic hydroxyl groups is 1. The van der Waals surface area contributed by atoms with E-state index in [1.807, 2.05) is 12.2 Å². The summed E-state index contributed by atoms with van der Waals surface area (Å²) in [7, 11) is 0. The molecule has 1 heterocycles. The van der Waals surface area contributed by atoms with Crippen molar-refractivity contribution in [1.82, 2.24) is 0 Å². The predicted octanol–water partition coefficient (Wildman–Crippen LogP) is 4.49. The van der Waals surface area contributed by atoms with Crippen molar-refractivity contribution in [1.29, 1.82) is 0 Å². The van der Waals surface area contributed by atoms with E-state index in [9.17, 15) is 18.3 Å². The second-order valence-corrected chi connectivity index (χ2v) is 7.08. The fourth-order valence-corrected chi connectivity index (χ4v) is 4.55. The van der Waals surface area contributed by atoms with Gasteiger partial charge in [-0.1, -0.05) is 24.3 Å². The lowest BCUT2D eigenvalue weighted by molar-refractivity contribution is -0.137. The third kappa shape index (κ3) is 2.65. The zero-order chi connectivity index (χ0) is 16.9. The van der Waals surface area contributed by atoms with E-state index >= 15 is 0 Å². The summed E-state index contributed by atoms with van der Waals surface area (Å²) >= 11 is 0. The van der Waals surface area contributed by atoms with Crippen LogP contribution in [0.3, 0.4) is 0 Å². The van der Waals surface area contributed by atoms with Crippen LogP contribution in [0.1, 0.15) is 36.3 Å². The van der Waals surface area contributed by atoms with Crippen molar-refractivity contribution < 1.29 is 18.3 Å². The molecule has 0 aromatic heterocycles. The Morgan fingerprint density at radius 3 is 2.67 bits per heavy atom. The average molecular weight is 335 g/mol. The Balaban J connectivity index is 1.72. The minimum absolute atomic E-state index is 0.0112. The van der Waals surface area contributed by atoms with Gasteiger partial charge in [-0.3, -0.25) is 0 Å². The molecule has 1 saturated carbocycles. The minimum atomic E-state index is -4.34. The molecule has 2 N–H and O–H groups in total. The van der Waals surface area contributed by atoms with Crippen LogP contribution in [0.2, 0.25) is 0 Å². The number of benzene rings is 1. The van der Waals surface area contributed by atoms with E-state index in [0.717, 1.165) is 18.2 Å². The van der Waals surface area contributed by atoms with Gasteiger partial charge in [-0.25, -0.2) is 0 Å². The van der Waals surface area contributed by atoms with Crippen molar-refractivity contribution >= 4 is 5.69 Å². The maximum Gasteiger partial charge on any atom is 0.416 e. The second-order valence-electron chi connectivity index (χ2n) is 7.08. The summed E-state index contributed by atoms with van der Waals surface area (Å²) in [6, 6.07) is 4.11. The van der Waals surface area contributed by atoms with Gasteiger partial charge in [0.05, 0.1) is 11.7 Å². The molecule has 1 fully saturated rings. The fourth-order valence-electron chi connectivity index (χ4n) is 4.55. The summed E-state index contributed by atoms with van der Waals surface area (Å²) < 4.78 is 39.2. The first-order chi connectivity index (χ1) is 11.4. The Morgan fingerprint density at radius 1 is 1.12 bits per heavy atom. The molecule has 0 spiro atoms. The van der Waals surface area contributed by atoms with Crippen molar-refractivity contribution in [2.75, 3.05) is 5.32 Å². The van der Waals surface area contributed by atoms with Crippen LogP contribution >= 0.6 is 0 Å². The van der Waals surface area contributed by atoms with Gasteiger partial charge in [0.25, 0.3) is 0 Å². The first-order valence-corrected chi connectivity index (χ1v) is 8.42. The molecule has 1 aromatic carbocycles. The number of hydrogen-bond acceptors (Lipinski definition) is 2. The summed E-state index contributed by atoms with van der Waals surface area (Å²) in [5.41, 5.74) is 0.881. The number of hydrogen-bond donors (Lipinski definition) is 2. The number of nitrogens with one attached hydrogen (secondary N) is 1. The highest BCUT2D eigenvalue weighted by atomic mass is 19.4. The smallest absolute Gasteiger partial charge is 0.393 e. The van der Waals surface area contributed by atoms with Gasteiger partial charge in [0.15, 0.2) is 0 Å². The van der Waals surface area contributed by atoms with E-state index in [1.165, 1.54) is 6.07 Å². The van der Waals surface area contributed by atoms with Crippen LogP contribution in [0.5, 0.6) is 0 Å². The van der Waals surface area contributed by atoms with Crippen molar-refractivity contribution in [2.45, 2.75) is 43.5 Å². The van der Waals surface area contributed by atoms with Crippen molar-refractivity contribution in [2.24, 2.45) is 11.8 Å². The van der Waals surface area contributed by atoms with Crippen LogP contribution in [0.25, 0.3) is 0 Å². The number of aliphatic hydroxyl groups excluding tert-OH is 1. The third-order valence-corrected chi connectivity index (χ3v) is 5.62. The molecule has 128 valence electrons. The number of rotatable bonds is 1. The molecular formula is C19H20F3NO. The number of alkyl halides is 3. The van der Waals surface area contributed by atoms with Crippen molar-refractivity contribution in [3.8, 4) is 0 Å². The molecule has 2 aliphatic carbocycles. The summed E-state index contributed by atoms with van der Waals surface area (Å²) in [4.78, 5) is 0. The molecule has 5 heteroatoms. The van der Waals surface area contributed by atoms with Gasteiger partial charge in [-0.05, 0) is 54.9 Å². The van der Waals surface area contributed by atoms with E-state index in [2.05, 4.69) is 17.5 Å². The number of fused-ring (bicyclic) bond motifs is 3. The van der Waals surface area contributed by atoms with Gasteiger partial charge in [0.2, 0.25) is 0 Å². The van der Waals surface area contributed by atoms with Gasteiger partial charge in [0, 0.05) is 17.6 Å². The molecule has 24 heavy (non-hydrogen) atoms. The first-order valence-electron chi connectivity index (χ1n) is 8.42. The van der Waals surface area contributed by atoms with E-state index in [4.69, 9.17) is 0 Å². The minimum Gasteiger partial charge on any atom is -0.393 e. The Morgan fingerprint density at radius 2 is 1.96 bits per heavy atom. The summed E-state index contributed by atoms with van der Waals surface area (Å²) in [5, 5.41) is 13.6. The first kappa shape index (κ1) is 15.8. The molecule has 4 rings (SSSR count). The van der Waals surface area contributed by atoms with E-state index < -0.39 is 17.8 Å². The van der Waals surface area contributed by atoms with E-state index in [-0.39, 0.29) is 17.9 Å². The normalized spacial score (nSPS) is 34.6. The summed E-state index contributed by atoms with van der Waals surface area (Å²) in [6.07, 6.45) is 5.66.